The van der Waals surface area contributed by atoms with Gasteiger partial charge in [0, 0.05) is 4.91 Å². The van der Waals surface area contributed by atoms with E-state index >= 15 is 0 Å². The van der Waals surface area contributed by atoms with Crippen molar-refractivity contribution in [3.8, 4) is 0 Å². The normalized spacial score (nSPS) is 9.29. The number of azide groups is 1. The smallest absolute Gasteiger partial charge is 0.339 e. The molecule has 1 rings (SSSR count). The standard InChI is InChI=1S/C8H6FN3O2/c1-4-2-5(9)7(8(13)14)6(3-4)11-12-10/h2-3H,1H3,(H,13,14). The molecule has 0 bridgehead atoms. The first-order valence-electron chi connectivity index (χ1n) is 3.65. The van der Waals surface area contributed by atoms with E-state index in [4.69, 9.17) is 10.6 Å². The van der Waals surface area contributed by atoms with Crippen LogP contribution in [0.5, 0.6) is 0 Å². The average Bonchev–Trinajstić information content (AvgIpc) is 2.01. The number of hydrogen-bond donors (Lipinski definition) is 1. The Morgan fingerprint density at radius 3 is 2.79 bits per heavy atom. The van der Waals surface area contributed by atoms with E-state index in [1.54, 1.807) is 6.92 Å². The highest BCUT2D eigenvalue weighted by Crippen LogP contribution is 2.24. The van der Waals surface area contributed by atoms with Crippen LogP contribution >= 0.6 is 0 Å². The first kappa shape index (κ1) is 10.0. The topological polar surface area (TPSA) is 86.1 Å². The summed E-state index contributed by atoms with van der Waals surface area (Å²) in [5, 5.41) is 11.7. The predicted molar refractivity (Wildman–Crippen MR) is 46.9 cm³/mol. The van der Waals surface area contributed by atoms with Crippen LogP contribution in [-0.4, -0.2) is 11.1 Å². The molecule has 0 radical (unpaired) electrons. The third kappa shape index (κ3) is 1.81. The Labute approximate surface area is 78.4 Å². The summed E-state index contributed by atoms with van der Waals surface area (Å²) < 4.78 is 13.1. The Morgan fingerprint density at radius 2 is 2.29 bits per heavy atom. The van der Waals surface area contributed by atoms with Gasteiger partial charge in [0.2, 0.25) is 0 Å². The van der Waals surface area contributed by atoms with Crippen LogP contribution in [0.1, 0.15) is 15.9 Å². The maximum absolute atomic E-state index is 13.1. The number of carboxylic acids is 1. The highest BCUT2D eigenvalue weighted by molar-refractivity contribution is 5.93. The molecular weight excluding hydrogens is 189 g/mol. The largest absolute Gasteiger partial charge is 0.478 e. The van der Waals surface area contributed by atoms with E-state index in [0.717, 1.165) is 6.07 Å². The monoisotopic (exact) mass is 195 g/mol. The summed E-state index contributed by atoms with van der Waals surface area (Å²) in [6, 6.07) is 2.38. The molecule has 14 heavy (non-hydrogen) atoms. The molecule has 0 aliphatic heterocycles. The van der Waals surface area contributed by atoms with Crippen molar-refractivity contribution in [2.24, 2.45) is 5.11 Å². The fraction of sp³-hybridized carbons (Fsp3) is 0.125. The zero-order chi connectivity index (χ0) is 10.7. The molecule has 0 atom stereocenters. The highest BCUT2D eigenvalue weighted by atomic mass is 19.1. The molecule has 0 saturated carbocycles. The van der Waals surface area contributed by atoms with Gasteiger partial charge in [-0.1, -0.05) is 5.11 Å². The second-order valence-electron chi connectivity index (χ2n) is 2.64. The van der Waals surface area contributed by atoms with E-state index in [1.807, 2.05) is 0 Å². The lowest BCUT2D eigenvalue weighted by molar-refractivity contribution is 0.0693. The summed E-state index contributed by atoms with van der Waals surface area (Å²) in [5.74, 6) is -2.36. The quantitative estimate of drug-likeness (QED) is 0.446. The SMILES string of the molecule is Cc1cc(F)c(C(=O)O)c(N=[N+]=[N-])c1. The maximum atomic E-state index is 13.1. The summed E-state index contributed by atoms with van der Waals surface area (Å²) in [4.78, 5) is 13.0. The minimum atomic E-state index is -1.45. The van der Waals surface area contributed by atoms with E-state index < -0.39 is 17.3 Å². The first-order chi connectivity index (χ1) is 6.56. The third-order valence-electron chi connectivity index (χ3n) is 1.58. The van der Waals surface area contributed by atoms with Gasteiger partial charge in [-0.15, -0.1) is 0 Å². The van der Waals surface area contributed by atoms with Gasteiger partial charge in [-0.25, -0.2) is 9.18 Å². The number of rotatable bonds is 2. The number of carboxylic acid groups (broad SMARTS) is 1. The molecule has 0 aromatic heterocycles. The first-order valence-corrected chi connectivity index (χ1v) is 3.65. The van der Waals surface area contributed by atoms with Crippen LogP contribution in [0, 0.1) is 12.7 Å². The van der Waals surface area contributed by atoms with E-state index in [1.165, 1.54) is 6.07 Å². The molecule has 0 fully saturated rings. The molecule has 1 aromatic rings. The van der Waals surface area contributed by atoms with Crippen molar-refractivity contribution in [3.05, 3.63) is 39.5 Å². The summed E-state index contributed by atoms with van der Waals surface area (Å²) in [7, 11) is 0. The van der Waals surface area contributed by atoms with Gasteiger partial charge >= 0.3 is 5.97 Å². The van der Waals surface area contributed by atoms with E-state index in [0.29, 0.717) is 5.56 Å². The van der Waals surface area contributed by atoms with Gasteiger partial charge in [0.15, 0.2) is 0 Å². The van der Waals surface area contributed by atoms with Crippen LogP contribution in [-0.2, 0) is 0 Å². The van der Waals surface area contributed by atoms with Gasteiger partial charge in [-0.2, -0.15) is 0 Å². The molecular formula is C8H6FN3O2. The third-order valence-corrected chi connectivity index (χ3v) is 1.58. The number of hydrogen-bond acceptors (Lipinski definition) is 2. The van der Waals surface area contributed by atoms with Crippen molar-refractivity contribution in [1.82, 2.24) is 0 Å². The minimum Gasteiger partial charge on any atom is -0.478 e. The average molecular weight is 195 g/mol. The lowest BCUT2D eigenvalue weighted by Gasteiger charge is -2.02. The van der Waals surface area contributed by atoms with Crippen molar-refractivity contribution in [2.75, 3.05) is 0 Å². The second kappa shape index (κ2) is 3.76. The van der Waals surface area contributed by atoms with Gasteiger partial charge in [-0.05, 0) is 30.2 Å². The number of nitrogens with zero attached hydrogens (tertiary/aromatic N) is 3. The molecule has 0 aliphatic carbocycles. The van der Waals surface area contributed by atoms with Gasteiger partial charge < -0.3 is 5.11 Å². The zero-order valence-corrected chi connectivity index (χ0v) is 7.23. The number of aryl methyl sites for hydroxylation is 1. The number of halogens is 1. The van der Waals surface area contributed by atoms with Crippen molar-refractivity contribution in [3.63, 3.8) is 0 Å². The summed E-state index contributed by atoms with van der Waals surface area (Å²) >= 11 is 0. The van der Waals surface area contributed by atoms with Crippen LogP contribution in [0.25, 0.3) is 10.4 Å². The molecule has 1 aromatic carbocycles. The van der Waals surface area contributed by atoms with Crippen molar-refractivity contribution >= 4 is 11.7 Å². The van der Waals surface area contributed by atoms with E-state index in [9.17, 15) is 9.18 Å². The van der Waals surface area contributed by atoms with Crippen molar-refractivity contribution < 1.29 is 14.3 Å². The van der Waals surface area contributed by atoms with Gasteiger partial charge in [0.1, 0.15) is 11.4 Å². The fourth-order valence-corrected chi connectivity index (χ4v) is 1.06. The number of aromatic carboxylic acids is 1. The molecule has 0 amide bonds. The lowest BCUT2D eigenvalue weighted by atomic mass is 10.1. The van der Waals surface area contributed by atoms with Gasteiger partial charge in [0.05, 0.1) is 5.69 Å². The molecule has 0 unspecified atom stereocenters. The maximum Gasteiger partial charge on any atom is 0.339 e. The molecule has 0 aliphatic rings. The summed E-state index contributed by atoms with van der Waals surface area (Å²) in [6.45, 7) is 1.57. The van der Waals surface area contributed by atoms with Crippen LogP contribution < -0.4 is 0 Å². The Kier molecular flexibility index (Phi) is 2.69. The Bertz CT molecular complexity index is 438. The van der Waals surface area contributed by atoms with E-state index in [2.05, 4.69) is 10.0 Å². The van der Waals surface area contributed by atoms with Gasteiger partial charge in [-0.3, -0.25) is 0 Å². The van der Waals surface area contributed by atoms with Crippen LogP contribution in [0.3, 0.4) is 0 Å². The predicted octanol–water partition coefficient (Wildman–Crippen LogP) is 2.77. The molecule has 0 spiro atoms. The van der Waals surface area contributed by atoms with E-state index in [-0.39, 0.29) is 5.69 Å². The Morgan fingerprint density at radius 1 is 1.64 bits per heavy atom. The summed E-state index contributed by atoms with van der Waals surface area (Å²) in [6.07, 6.45) is 0. The molecule has 1 N–H and O–H groups in total. The van der Waals surface area contributed by atoms with Crippen LogP contribution in [0.15, 0.2) is 17.2 Å². The molecule has 0 heterocycles. The van der Waals surface area contributed by atoms with Gasteiger partial charge in [0.25, 0.3) is 0 Å². The number of carbonyl (C=O) groups is 1. The summed E-state index contributed by atoms with van der Waals surface area (Å²) in [5.41, 5.74) is 7.83. The Hall–Kier alpha value is -2.07. The minimum absolute atomic E-state index is 0.211. The van der Waals surface area contributed by atoms with Crippen LogP contribution in [0.2, 0.25) is 0 Å². The zero-order valence-electron chi connectivity index (χ0n) is 7.23. The highest BCUT2D eigenvalue weighted by Gasteiger charge is 2.15. The fourth-order valence-electron chi connectivity index (χ4n) is 1.06. The second-order valence-corrected chi connectivity index (χ2v) is 2.64. The molecule has 0 saturated heterocycles. The molecule has 72 valence electrons. The molecule has 6 heteroatoms. The van der Waals surface area contributed by atoms with Crippen molar-refractivity contribution in [2.45, 2.75) is 6.92 Å². The molecule has 5 nitrogen and oxygen atoms in total. The van der Waals surface area contributed by atoms with Crippen LogP contribution in [0.4, 0.5) is 10.1 Å². The Balaban J connectivity index is 3.51. The number of benzene rings is 1. The van der Waals surface area contributed by atoms with Crippen molar-refractivity contribution in [1.29, 1.82) is 0 Å². The lowest BCUT2D eigenvalue weighted by Crippen LogP contribution is -2.01.